The average Bonchev–Trinajstić information content (AvgIpc) is 2.28. The summed E-state index contributed by atoms with van der Waals surface area (Å²) in [6.07, 6.45) is 0.0426. The number of thioether (sulfide) groups is 1. The number of carboxylic acid groups (broad SMARTS) is 1. The van der Waals surface area contributed by atoms with E-state index in [2.05, 4.69) is 15.0 Å². The Labute approximate surface area is 96.2 Å². The third kappa shape index (κ3) is 3.89. The first-order chi connectivity index (χ1) is 7.65. The molecule has 8 heteroatoms. The van der Waals surface area contributed by atoms with E-state index < -0.39 is 5.97 Å². The van der Waals surface area contributed by atoms with Gasteiger partial charge >= 0.3 is 18.0 Å². The molecule has 16 heavy (non-hydrogen) atoms. The number of hydrogen-bond donors (Lipinski definition) is 1. The van der Waals surface area contributed by atoms with Gasteiger partial charge in [0.2, 0.25) is 0 Å². The quantitative estimate of drug-likeness (QED) is 0.722. The normalized spacial score (nSPS) is 9.88. The van der Waals surface area contributed by atoms with Crippen molar-refractivity contribution in [3.63, 3.8) is 0 Å². The second kappa shape index (κ2) is 6.11. The van der Waals surface area contributed by atoms with Crippen LogP contribution in [0.4, 0.5) is 0 Å². The van der Waals surface area contributed by atoms with Gasteiger partial charge in [0.25, 0.3) is 0 Å². The van der Waals surface area contributed by atoms with Crippen molar-refractivity contribution >= 4 is 17.7 Å². The lowest BCUT2D eigenvalue weighted by molar-refractivity contribution is -0.136. The number of aromatic nitrogens is 3. The standard InChI is InChI=1S/C8H11N3O4S/c1-14-6-9-7(15-2)11-8(10-6)16-4-3-5(12)13/h3-4H2,1-2H3,(H,12,13). The number of methoxy groups -OCH3 is 2. The number of carboxylic acids is 1. The summed E-state index contributed by atoms with van der Waals surface area (Å²) in [5, 5.41) is 8.86. The van der Waals surface area contributed by atoms with Crippen LogP contribution < -0.4 is 9.47 Å². The largest absolute Gasteiger partial charge is 0.481 e. The molecule has 0 bridgehead atoms. The molecule has 0 radical (unpaired) electrons. The molecule has 0 amide bonds. The van der Waals surface area contributed by atoms with Crippen LogP contribution >= 0.6 is 11.8 Å². The van der Waals surface area contributed by atoms with Gasteiger partial charge in [0.05, 0.1) is 20.6 Å². The highest BCUT2D eigenvalue weighted by atomic mass is 32.2. The monoisotopic (exact) mass is 245 g/mol. The number of hydrogen-bond acceptors (Lipinski definition) is 7. The Morgan fingerprint density at radius 1 is 1.25 bits per heavy atom. The summed E-state index contributed by atoms with van der Waals surface area (Å²) in [5.74, 6) is -0.480. The Bertz CT molecular complexity index is 352. The summed E-state index contributed by atoms with van der Waals surface area (Å²) in [5.41, 5.74) is 0. The Hall–Kier alpha value is -1.57. The number of ether oxygens (including phenoxy) is 2. The molecule has 0 spiro atoms. The van der Waals surface area contributed by atoms with Crippen LogP contribution in [0.25, 0.3) is 0 Å². The van der Waals surface area contributed by atoms with Crippen LogP contribution in [-0.2, 0) is 4.79 Å². The Balaban J connectivity index is 2.67. The zero-order valence-electron chi connectivity index (χ0n) is 8.84. The molecule has 1 heterocycles. The molecule has 0 fully saturated rings. The van der Waals surface area contributed by atoms with Gasteiger partial charge in [0.15, 0.2) is 5.16 Å². The molecule has 1 aromatic rings. The fourth-order valence-electron chi connectivity index (χ4n) is 0.797. The van der Waals surface area contributed by atoms with Crippen molar-refractivity contribution in [1.29, 1.82) is 0 Å². The van der Waals surface area contributed by atoms with Gasteiger partial charge in [-0.15, -0.1) is 4.98 Å². The summed E-state index contributed by atoms with van der Waals surface area (Å²) in [7, 11) is 2.86. The van der Waals surface area contributed by atoms with Crippen LogP contribution in [0.1, 0.15) is 6.42 Å². The highest BCUT2D eigenvalue weighted by Gasteiger charge is 2.08. The van der Waals surface area contributed by atoms with Crippen LogP contribution in [0.5, 0.6) is 12.0 Å². The predicted octanol–water partition coefficient (Wildman–Crippen LogP) is 0.456. The van der Waals surface area contributed by atoms with E-state index in [1.54, 1.807) is 0 Å². The topological polar surface area (TPSA) is 94.4 Å². The van der Waals surface area contributed by atoms with Gasteiger partial charge in [0.1, 0.15) is 0 Å². The second-order valence-corrected chi connectivity index (χ2v) is 3.65. The van der Waals surface area contributed by atoms with Gasteiger partial charge in [-0.25, -0.2) is 0 Å². The maximum atomic E-state index is 10.3. The highest BCUT2D eigenvalue weighted by Crippen LogP contribution is 2.18. The lowest BCUT2D eigenvalue weighted by Gasteiger charge is -2.03. The van der Waals surface area contributed by atoms with Crippen molar-refractivity contribution in [3.8, 4) is 12.0 Å². The summed E-state index contributed by atoms with van der Waals surface area (Å²) >= 11 is 1.20. The summed E-state index contributed by atoms with van der Waals surface area (Å²) in [6.45, 7) is 0. The number of nitrogens with zero attached hydrogens (tertiary/aromatic N) is 3. The van der Waals surface area contributed by atoms with Crippen LogP contribution in [-0.4, -0.2) is 46.0 Å². The molecule has 0 unspecified atom stereocenters. The van der Waals surface area contributed by atoms with E-state index in [4.69, 9.17) is 14.6 Å². The van der Waals surface area contributed by atoms with Crippen molar-refractivity contribution in [3.05, 3.63) is 0 Å². The van der Waals surface area contributed by atoms with E-state index >= 15 is 0 Å². The van der Waals surface area contributed by atoms with E-state index in [0.717, 1.165) is 0 Å². The van der Waals surface area contributed by atoms with E-state index in [-0.39, 0.29) is 18.4 Å². The maximum Gasteiger partial charge on any atom is 0.323 e. The SMILES string of the molecule is COc1nc(OC)nc(SCCC(=O)O)n1. The van der Waals surface area contributed by atoms with Gasteiger partial charge in [0, 0.05) is 5.75 Å². The fourth-order valence-corrected chi connectivity index (χ4v) is 1.54. The summed E-state index contributed by atoms with van der Waals surface area (Å²) in [4.78, 5) is 22.0. The van der Waals surface area contributed by atoms with Crippen molar-refractivity contribution in [2.24, 2.45) is 0 Å². The smallest absolute Gasteiger partial charge is 0.323 e. The van der Waals surface area contributed by atoms with Crippen molar-refractivity contribution in [1.82, 2.24) is 15.0 Å². The molecule has 1 N–H and O–H groups in total. The molecular formula is C8H11N3O4S. The number of aliphatic carboxylic acids is 1. The Morgan fingerprint density at radius 3 is 2.25 bits per heavy atom. The number of rotatable bonds is 6. The summed E-state index contributed by atoms with van der Waals surface area (Å²) < 4.78 is 9.71. The molecule has 0 atom stereocenters. The molecule has 88 valence electrons. The van der Waals surface area contributed by atoms with Crippen molar-refractivity contribution in [2.45, 2.75) is 11.6 Å². The molecule has 0 aliphatic rings. The molecular weight excluding hydrogens is 234 g/mol. The van der Waals surface area contributed by atoms with Gasteiger partial charge in [-0.1, -0.05) is 11.8 Å². The van der Waals surface area contributed by atoms with Gasteiger partial charge in [-0.3, -0.25) is 4.79 Å². The van der Waals surface area contributed by atoms with Crippen molar-refractivity contribution in [2.75, 3.05) is 20.0 Å². The fraction of sp³-hybridized carbons (Fsp3) is 0.500. The first-order valence-electron chi connectivity index (χ1n) is 4.34. The third-order valence-corrected chi connectivity index (χ3v) is 2.34. The predicted molar refractivity (Wildman–Crippen MR) is 55.9 cm³/mol. The van der Waals surface area contributed by atoms with E-state index in [0.29, 0.717) is 10.9 Å². The van der Waals surface area contributed by atoms with E-state index in [1.807, 2.05) is 0 Å². The Kier molecular flexibility index (Phi) is 4.77. The van der Waals surface area contributed by atoms with Gasteiger partial charge < -0.3 is 14.6 Å². The molecule has 1 rings (SSSR count). The van der Waals surface area contributed by atoms with Crippen LogP contribution in [0.15, 0.2) is 5.16 Å². The zero-order chi connectivity index (χ0) is 12.0. The minimum Gasteiger partial charge on any atom is -0.481 e. The van der Waals surface area contributed by atoms with Crippen molar-refractivity contribution < 1.29 is 19.4 Å². The van der Waals surface area contributed by atoms with E-state index in [9.17, 15) is 4.79 Å². The first kappa shape index (κ1) is 12.5. The van der Waals surface area contributed by atoms with Crippen LogP contribution in [0.2, 0.25) is 0 Å². The second-order valence-electron chi connectivity index (χ2n) is 2.58. The molecule has 0 aliphatic carbocycles. The number of carbonyl (C=O) groups is 1. The molecule has 0 aliphatic heterocycles. The average molecular weight is 245 g/mol. The van der Waals surface area contributed by atoms with E-state index in [1.165, 1.54) is 26.0 Å². The lowest BCUT2D eigenvalue weighted by atomic mass is 10.5. The Morgan fingerprint density at radius 2 is 1.81 bits per heavy atom. The molecule has 0 saturated carbocycles. The summed E-state index contributed by atoms with van der Waals surface area (Å²) in [6, 6.07) is 0.286. The third-order valence-electron chi connectivity index (χ3n) is 1.49. The van der Waals surface area contributed by atoms with Crippen LogP contribution in [0, 0.1) is 0 Å². The van der Waals surface area contributed by atoms with Gasteiger partial charge in [-0.05, 0) is 0 Å². The maximum absolute atomic E-state index is 10.3. The minimum absolute atomic E-state index is 0.0426. The van der Waals surface area contributed by atoms with Crippen LogP contribution in [0.3, 0.4) is 0 Å². The van der Waals surface area contributed by atoms with Gasteiger partial charge in [-0.2, -0.15) is 9.97 Å². The molecule has 1 aromatic heterocycles. The zero-order valence-corrected chi connectivity index (χ0v) is 9.65. The minimum atomic E-state index is -0.861. The first-order valence-corrected chi connectivity index (χ1v) is 5.33. The molecule has 7 nitrogen and oxygen atoms in total. The lowest BCUT2D eigenvalue weighted by Crippen LogP contribution is -2.01. The highest BCUT2D eigenvalue weighted by molar-refractivity contribution is 7.99. The molecule has 0 saturated heterocycles. The molecule has 0 aromatic carbocycles.